The first-order valence-corrected chi connectivity index (χ1v) is 7.89. The Kier molecular flexibility index (Phi) is 6.11. The summed E-state index contributed by atoms with van der Waals surface area (Å²) in [5, 5.41) is 0. The van der Waals surface area contributed by atoms with Crippen LogP contribution in [0.15, 0.2) is 12.1 Å². The lowest BCUT2D eigenvalue weighted by Gasteiger charge is -2.26. The number of aromatic nitrogens is 1. The fourth-order valence-electron chi connectivity index (χ4n) is 1.55. The summed E-state index contributed by atoms with van der Waals surface area (Å²) in [7, 11) is 0. The van der Waals surface area contributed by atoms with Gasteiger partial charge in [-0.3, -0.25) is 0 Å². The molecule has 2 atom stereocenters. The lowest BCUT2D eigenvalue weighted by molar-refractivity contribution is -0.154. The van der Waals surface area contributed by atoms with E-state index in [1.54, 1.807) is 19.9 Å². The van der Waals surface area contributed by atoms with Crippen molar-refractivity contribution < 1.29 is 22.5 Å². The molecular formula is C14H21F3N2O2S. The Balaban J connectivity index is 2.84. The Morgan fingerprint density at radius 2 is 1.91 bits per heavy atom. The third-order valence-electron chi connectivity index (χ3n) is 2.68. The van der Waals surface area contributed by atoms with Gasteiger partial charge in [0.1, 0.15) is 4.75 Å². The van der Waals surface area contributed by atoms with Crippen LogP contribution in [0.25, 0.3) is 0 Å². The summed E-state index contributed by atoms with van der Waals surface area (Å²) in [6, 6.07) is 2.84. The molecule has 0 radical (unpaired) electrons. The zero-order valence-corrected chi connectivity index (χ0v) is 14.1. The standard InChI is InChI=1S/C14H21F3N2O2S/c1-9-6-11(10(2)19-22(20)13(3,4)5)7-12(18-9)21-8-14(15,16)17/h6-7,10,19H,8H2,1-5H3/t10-,22?/m1/s1. The Bertz CT molecular complexity index is 504. The van der Waals surface area contributed by atoms with E-state index >= 15 is 0 Å². The van der Waals surface area contributed by atoms with Crippen LogP contribution >= 0.6 is 0 Å². The van der Waals surface area contributed by atoms with E-state index in [9.17, 15) is 17.7 Å². The highest BCUT2D eigenvalue weighted by atomic mass is 32.2. The van der Waals surface area contributed by atoms with Gasteiger partial charge in [0.15, 0.2) is 6.61 Å². The molecule has 0 spiro atoms. The van der Waals surface area contributed by atoms with Gasteiger partial charge in [-0.2, -0.15) is 13.2 Å². The van der Waals surface area contributed by atoms with Crippen molar-refractivity contribution in [1.29, 1.82) is 0 Å². The molecule has 1 aromatic heterocycles. The van der Waals surface area contributed by atoms with Crippen molar-refractivity contribution in [3.63, 3.8) is 0 Å². The number of alkyl halides is 3. The maximum Gasteiger partial charge on any atom is 0.422 e. The first-order chi connectivity index (χ1) is 9.88. The minimum atomic E-state index is -4.41. The highest BCUT2D eigenvalue weighted by molar-refractivity contribution is 7.90. The topological polar surface area (TPSA) is 57.2 Å². The first-order valence-electron chi connectivity index (χ1n) is 6.74. The van der Waals surface area contributed by atoms with Gasteiger partial charge in [-0.15, -0.1) is 4.72 Å². The smallest absolute Gasteiger partial charge is 0.422 e. The average molecular weight is 338 g/mol. The van der Waals surface area contributed by atoms with Gasteiger partial charge >= 0.3 is 6.18 Å². The Morgan fingerprint density at radius 3 is 2.41 bits per heavy atom. The fraction of sp³-hybridized carbons (Fsp3) is 0.643. The van der Waals surface area contributed by atoms with Crippen LogP contribution in [0, 0.1) is 6.92 Å². The van der Waals surface area contributed by atoms with Crippen molar-refractivity contribution in [1.82, 2.24) is 9.71 Å². The lowest BCUT2D eigenvalue weighted by Crippen LogP contribution is -2.40. The molecule has 1 rings (SSSR count). The number of pyridine rings is 1. The Labute approximate surface area is 131 Å². The third kappa shape index (κ3) is 6.41. The van der Waals surface area contributed by atoms with E-state index in [0.29, 0.717) is 11.3 Å². The van der Waals surface area contributed by atoms with Gasteiger partial charge in [-0.05, 0) is 46.2 Å². The van der Waals surface area contributed by atoms with E-state index in [-0.39, 0.29) is 11.9 Å². The molecule has 8 heteroatoms. The highest BCUT2D eigenvalue weighted by Gasteiger charge is 2.30. The molecule has 0 aliphatic heterocycles. The monoisotopic (exact) mass is 338 g/mol. The first kappa shape index (κ1) is 19.1. The van der Waals surface area contributed by atoms with Crippen molar-refractivity contribution in [2.24, 2.45) is 0 Å². The molecule has 1 heterocycles. The molecule has 1 unspecified atom stereocenters. The summed E-state index contributed by atoms with van der Waals surface area (Å²) in [5.41, 5.74) is 1.20. The molecule has 126 valence electrons. The SMILES string of the molecule is Cc1cc([C@@H](C)N[S+]([O-])C(C)(C)C)cc(OCC(F)(F)F)n1. The second kappa shape index (κ2) is 7.06. The summed E-state index contributed by atoms with van der Waals surface area (Å²) in [4.78, 5) is 3.92. The maximum atomic E-state index is 12.2. The average Bonchev–Trinajstić information content (AvgIpc) is 2.33. The van der Waals surface area contributed by atoms with Crippen LogP contribution < -0.4 is 9.46 Å². The number of halogens is 3. The minimum Gasteiger partial charge on any atom is -0.598 e. The normalized spacial score (nSPS) is 15.5. The van der Waals surface area contributed by atoms with Crippen molar-refractivity contribution in [2.45, 2.75) is 51.6 Å². The molecule has 0 aliphatic carbocycles. The van der Waals surface area contributed by atoms with E-state index in [1.807, 2.05) is 20.8 Å². The third-order valence-corrected chi connectivity index (χ3v) is 4.36. The van der Waals surface area contributed by atoms with Gasteiger partial charge in [0.2, 0.25) is 5.88 Å². The number of aryl methyl sites for hydroxylation is 1. The lowest BCUT2D eigenvalue weighted by atomic mass is 10.1. The van der Waals surface area contributed by atoms with Crippen molar-refractivity contribution in [3.05, 3.63) is 23.4 Å². The van der Waals surface area contributed by atoms with Crippen molar-refractivity contribution in [2.75, 3.05) is 6.61 Å². The predicted octanol–water partition coefficient (Wildman–Crippen LogP) is 3.44. The second-order valence-electron chi connectivity index (χ2n) is 6.00. The van der Waals surface area contributed by atoms with Crippen LogP contribution in [0.3, 0.4) is 0 Å². The predicted molar refractivity (Wildman–Crippen MR) is 80.0 cm³/mol. The van der Waals surface area contributed by atoms with Gasteiger partial charge in [0, 0.05) is 23.1 Å². The Morgan fingerprint density at radius 1 is 1.32 bits per heavy atom. The quantitative estimate of drug-likeness (QED) is 0.836. The number of hydrogen-bond donors (Lipinski definition) is 1. The van der Waals surface area contributed by atoms with E-state index in [0.717, 1.165) is 0 Å². The summed E-state index contributed by atoms with van der Waals surface area (Å²) >= 11 is -1.29. The second-order valence-corrected chi connectivity index (χ2v) is 8.00. The highest BCUT2D eigenvalue weighted by Crippen LogP contribution is 2.24. The minimum absolute atomic E-state index is 0.0949. The Hall–Kier alpha value is -0.990. The molecule has 0 aliphatic rings. The zero-order chi connectivity index (χ0) is 17.1. The van der Waals surface area contributed by atoms with E-state index in [2.05, 4.69) is 14.4 Å². The number of nitrogens with zero attached hydrogens (tertiary/aromatic N) is 1. The van der Waals surface area contributed by atoms with Crippen LogP contribution in [0.2, 0.25) is 0 Å². The summed E-state index contributed by atoms with van der Waals surface area (Å²) in [5.74, 6) is -0.0949. The van der Waals surface area contributed by atoms with Crippen LogP contribution in [-0.4, -0.2) is 27.1 Å². The molecule has 1 N–H and O–H groups in total. The molecule has 0 amide bonds. The number of rotatable bonds is 5. The van der Waals surface area contributed by atoms with E-state index in [4.69, 9.17) is 0 Å². The molecule has 4 nitrogen and oxygen atoms in total. The van der Waals surface area contributed by atoms with Crippen LogP contribution in [0.4, 0.5) is 13.2 Å². The molecule has 0 fully saturated rings. The van der Waals surface area contributed by atoms with Gasteiger partial charge in [-0.25, -0.2) is 4.98 Å². The van der Waals surface area contributed by atoms with Crippen molar-refractivity contribution in [3.8, 4) is 5.88 Å². The van der Waals surface area contributed by atoms with Gasteiger partial charge in [-0.1, -0.05) is 0 Å². The molecule has 1 aromatic rings. The number of hydrogen-bond acceptors (Lipinski definition) is 4. The molecular weight excluding hydrogens is 317 g/mol. The van der Waals surface area contributed by atoms with Gasteiger partial charge in [0.25, 0.3) is 0 Å². The zero-order valence-electron chi connectivity index (χ0n) is 13.2. The fourth-order valence-corrected chi connectivity index (χ4v) is 2.36. The molecule has 0 saturated carbocycles. The molecule has 22 heavy (non-hydrogen) atoms. The molecule has 0 aromatic carbocycles. The van der Waals surface area contributed by atoms with Crippen molar-refractivity contribution >= 4 is 11.4 Å². The molecule has 0 saturated heterocycles. The van der Waals surface area contributed by atoms with E-state index in [1.165, 1.54) is 6.07 Å². The summed E-state index contributed by atoms with van der Waals surface area (Å²) in [6.45, 7) is 7.55. The van der Waals surface area contributed by atoms with Gasteiger partial charge < -0.3 is 9.29 Å². The largest absolute Gasteiger partial charge is 0.598 e. The van der Waals surface area contributed by atoms with Crippen LogP contribution in [-0.2, 0) is 11.4 Å². The summed E-state index contributed by atoms with van der Waals surface area (Å²) in [6.07, 6.45) is -4.41. The number of ether oxygens (including phenoxy) is 1. The molecule has 0 bridgehead atoms. The van der Waals surface area contributed by atoms with Crippen LogP contribution in [0.1, 0.15) is 45.0 Å². The van der Waals surface area contributed by atoms with Crippen LogP contribution in [0.5, 0.6) is 5.88 Å². The summed E-state index contributed by atoms with van der Waals surface area (Å²) < 4.78 is 55.8. The van der Waals surface area contributed by atoms with E-state index < -0.39 is 28.9 Å². The van der Waals surface area contributed by atoms with Gasteiger partial charge in [0.05, 0.1) is 6.04 Å². The number of nitrogens with one attached hydrogen (secondary N) is 1. The maximum absolute atomic E-state index is 12.2.